The monoisotopic (exact) mass is 1570 g/mol. The van der Waals surface area contributed by atoms with E-state index in [1.165, 1.54) is 232 Å². The Morgan fingerprint density at radius 3 is 1.40 bits per heavy atom. The van der Waals surface area contributed by atoms with Crippen LogP contribution in [0, 0.1) is 0 Å². The summed E-state index contributed by atoms with van der Waals surface area (Å²) in [6.07, 6.45) is 15.4. The summed E-state index contributed by atoms with van der Waals surface area (Å²) in [4.78, 5) is 2.54. The Hall–Kier alpha value is -12.5. The Balaban J connectivity index is 0.600. The zero-order chi connectivity index (χ0) is 81.7. The van der Waals surface area contributed by atoms with Crippen LogP contribution in [0.25, 0.3) is 160 Å². The summed E-state index contributed by atoms with van der Waals surface area (Å²) in [6, 6.07) is 112. The number of aromatic nitrogens is 1. The van der Waals surface area contributed by atoms with E-state index in [9.17, 15) is 0 Å². The molecule has 18 aromatic rings. The lowest BCUT2D eigenvalue weighted by Gasteiger charge is -2.33. The van der Waals surface area contributed by atoms with E-state index >= 15 is 0 Å². The molecule has 0 spiro atoms. The van der Waals surface area contributed by atoms with E-state index in [1.807, 2.05) is 0 Å². The second kappa shape index (κ2) is 27.3. The van der Waals surface area contributed by atoms with E-state index in [4.69, 9.17) is 8.83 Å². The number of para-hydroxylation sites is 4. The van der Waals surface area contributed by atoms with Crippen LogP contribution in [0.2, 0.25) is 0 Å². The molecule has 592 valence electrons. The van der Waals surface area contributed by atoms with Crippen molar-refractivity contribution in [1.82, 2.24) is 4.57 Å². The van der Waals surface area contributed by atoms with Crippen molar-refractivity contribution >= 4 is 82.7 Å². The van der Waals surface area contributed by atoms with Crippen molar-refractivity contribution in [3.8, 4) is 94.7 Å². The van der Waals surface area contributed by atoms with Gasteiger partial charge in [0.25, 0.3) is 0 Å². The SMILES string of the molecule is CCCCCCCC1(CCCCCCC)c2ccccc2-c2ccc(-c3ccc4c(c3)C(C)(C)c3cc(-c5ccc(-c6cc7c(c8c6oc6ccccc68)-c6ccc(N(c8ccc9c(c8)C(C)(C)c8cc%10c(cc8-9)C(C)(C)c8ccc9oc%11ccccc%11c9c8-%10)c8ccc9c%10ccccc%10n(-c%10ccccc%10)c9c8)cc6C7(C)C)cc5)ccc3-4)cc21. The number of unbranched alkanes of at least 4 members (excludes halogenated alkanes) is 8. The standard InChI is InChI=1S/C117H102N2O2/c1-11-13-15-17-30-60-117(61-31-18-16-14-12-2)93-38-26-22-34-80(93)83-54-48-75(64-101(83)117)74-47-53-82-81-52-46-73(62-95(81)114(5,6)96(82)63-74)71-42-44-72(45-43-71)90-68-102-108(111-89-37-25-29-41-106(89)121-112(90)111)87-57-51-78(66-98(87)116(102,9)10)118(79-50-56-86-85-35-23-27-39-103(85)119(104(86)67-79)76-32-20-19-21-33-76)77-49-55-84-91-69-100-92(70-99(91)115(7,8)97(84)65-77)109-94(113(100,3)4)58-59-107-110(109)88-36-24-28-40-105(88)120-107/h19-29,32-59,62-70H,11-18,30-31,60-61H2,1-10H3. The van der Waals surface area contributed by atoms with Crippen molar-refractivity contribution in [2.75, 3.05) is 4.90 Å². The molecule has 4 heteroatoms. The van der Waals surface area contributed by atoms with Crippen LogP contribution >= 0.6 is 0 Å². The predicted molar refractivity (Wildman–Crippen MR) is 510 cm³/mol. The fourth-order valence-corrected chi connectivity index (χ4v) is 23.5. The Labute approximate surface area is 711 Å². The maximum Gasteiger partial charge on any atom is 0.143 e. The van der Waals surface area contributed by atoms with Gasteiger partial charge >= 0.3 is 0 Å². The van der Waals surface area contributed by atoms with E-state index in [2.05, 4.69) is 370 Å². The van der Waals surface area contributed by atoms with Crippen LogP contribution in [-0.2, 0) is 27.1 Å². The molecule has 5 aliphatic carbocycles. The van der Waals surface area contributed by atoms with Gasteiger partial charge in [0.1, 0.15) is 22.3 Å². The van der Waals surface area contributed by atoms with Crippen LogP contribution in [0.1, 0.15) is 202 Å². The average Bonchev–Trinajstić information content (AvgIpc) is 1.53. The fraction of sp³-hybridized carbons (Fsp3) is 0.231. The number of rotatable bonds is 19. The van der Waals surface area contributed by atoms with Crippen molar-refractivity contribution in [3.63, 3.8) is 0 Å². The predicted octanol–water partition coefficient (Wildman–Crippen LogP) is 33.3. The van der Waals surface area contributed by atoms with Gasteiger partial charge in [-0.2, -0.15) is 0 Å². The van der Waals surface area contributed by atoms with Crippen molar-refractivity contribution in [2.24, 2.45) is 0 Å². The summed E-state index contributed by atoms with van der Waals surface area (Å²) in [5.74, 6) is 0. The van der Waals surface area contributed by atoms with Gasteiger partial charge in [0.15, 0.2) is 0 Å². The third-order valence-electron chi connectivity index (χ3n) is 29.9. The molecule has 0 bridgehead atoms. The Morgan fingerprint density at radius 2 is 0.711 bits per heavy atom. The normalized spacial score (nSPS) is 15.3. The van der Waals surface area contributed by atoms with Crippen LogP contribution in [0.4, 0.5) is 17.1 Å². The molecule has 0 aliphatic heterocycles. The Morgan fingerprint density at radius 1 is 0.264 bits per heavy atom. The lowest BCUT2D eigenvalue weighted by molar-refractivity contribution is 0.399. The summed E-state index contributed by atoms with van der Waals surface area (Å²) >= 11 is 0. The molecule has 0 saturated carbocycles. The van der Waals surface area contributed by atoms with Gasteiger partial charge in [0.2, 0.25) is 0 Å². The van der Waals surface area contributed by atoms with E-state index < -0.39 is 5.41 Å². The van der Waals surface area contributed by atoms with Crippen LogP contribution < -0.4 is 4.90 Å². The highest BCUT2D eigenvalue weighted by molar-refractivity contribution is 6.20. The van der Waals surface area contributed by atoms with E-state index in [0.29, 0.717) is 0 Å². The molecule has 121 heavy (non-hydrogen) atoms. The average molecular weight is 1570 g/mol. The van der Waals surface area contributed by atoms with Crippen molar-refractivity contribution < 1.29 is 8.83 Å². The molecule has 0 radical (unpaired) electrons. The molecule has 0 saturated heterocycles. The minimum Gasteiger partial charge on any atom is -0.456 e. The van der Waals surface area contributed by atoms with Gasteiger partial charge in [-0.1, -0.05) is 315 Å². The summed E-state index contributed by atoms with van der Waals surface area (Å²) in [7, 11) is 0. The lowest BCUT2D eigenvalue weighted by atomic mass is 9.70. The van der Waals surface area contributed by atoms with Gasteiger partial charge < -0.3 is 18.3 Å². The van der Waals surface area contributed by atoms with Gasteiger partial charge in [-0.05, 0) is 261 Å². The highest BCUT2D eigenvalue weighted by atomic mass is 16.3. The molecule has 0 unspecified atom stereocenters. The Kier molecular flexibility index (Phi) is 16.6. The first-order valence-corrected chi connectivity index (χ1v) is 44.9. The molecular weight excluding hydrogens is 1470 g/mol. The highest BCUT2D eigenvalue weighted by Crippen LogP contribution is 2.63. The molecule has 0 N–H and O–H groups in total. The largest absolute Gasteiger partial charge is 0.456 e. The first kappa shape index (κ1) is 73.6. The molecule has 0 fully saturated rings. The molecule has 0 amide bonds. The van der Waals surface area contributed by atoms with Gasteiger partial charge in [-0.15, -0.1) is 0 Å². The second-order valence-corrected chi connectivity index (χ2v) is 38.1. The zero-order valence-electron chi connectivity index (χ0n) is 71.4. The topological polar surface area (TPSA) is 34.5 Å². The smallest absolute Gasteiger partial charge is 0.143 e. The van der Waals surface area contributed by atoms with Gasteiger partial charge in [0, 0.05) is 87.7 Å². The van der Waals surface area contributed by atoms with Crippen molar-refractivity contribution in [2.45, 2.75) is 173 Å². The third kappa shape index (κ3) is 10.8. The first-order chi connectivity index (χ1) is 58.9. The number of benzene rings is 15. The van der Waals surface area contributed by atoms with Crippen LogP contribution in [-0.4, -0.2) is 4.57 Å². The van der Waals surface area contributed by atoms with Gasteiger partial charge in [-0.25, -0.2) is 0 Å². The fourth-order valence-electron chi connectivity index (χ4n) is 23.5. The first-order valence-electron chi connectivity index (χ1n) is 44.9. The maximum absolute atomic E-state index is 7.21. The molecule has 3 heterocycles. The van der Waals surface area contributed by atoms with Crippen LogP contribution in [0.15, 0.2) is 300 Å². The second-order valence-electron chi connectivity index (χ2n) is 38.1. The molecule has 0 atom stereocenters. The minimum atomic E-state index is -0.421. The summed E-state index contributed by atoms with van der Waals surface area (Å²) in [5.41, 5.74) is 43.8. The molecule has 15 aromatic carbocycles. The maximum atomic E-state index is 7.21. The Bertz CT molecular complexity index is 7350. The van der Waals surface area contributed by atoms with Gasteiger partial charge in [-0.3, -0.25) is 0 Å². The molecule has 5 aliphatic rings. The highest BCUT2D eigenvalue weighted by Gasteiger charge is 2.47. The molecule has 23 rings (SSSR count). The van der Waals surface area contributed by atoms with Gasteiger partial charge in [0.05, 0.1) is 11.0 Å². The third-order valence-corrected chi connectivity index (χ3v) is 29.9. The zero-order valence-corrected chi connectivity index (χ0v) is 71.4. The molecule has 4 nitrogen and oxygen atoms in total. The summed E-state index contributed by atoms with van der Waals surface area (Å²) in [6.45, 7) is 24.2. The number of hydrogen-bond acceptors (Lipinski definition) is 3. The number of anilines is 3. The molecule has 3 aromatic heterocycles. The number of hydrogen-bond donors (Lipinski definition) is 0. The quantitative estimate of drug-likeness (QED) is 0.0757. The number of furan rings is 2. The summed E-state index contributed by atoms with van der Waals surface area (Å²) < 4.78 is 16.2. The lowest BCUT2D eigenvalue weighted by Crippen LogP contribution is -2.25. The van der Waals surface area contributed by atoms with E-state index in [-0.39, 0.29) is 21.7 Å². The van der Waals surface area contributed by atoms with Crippen LogP contribution in [0.5, 0.6) is 0 Å². The number of nitrogens with zero attached hydrogens (tertiary/aromatic N) is 2. The minimum absolute atomic E-state index is 0.0378. The van der Waals surface area contributed by atoms with Crippen molar-refractivity contribution in [3.05, 3.63) is 347 Å². The van der Waals surface area contributed by atoms with Crippen LogP contribution in [0.3, 0.4) is 0 Å². The number of fused-ring (bicyclic) bond motifs is 26. The molecular formula is C117H102N2O2. The van der Waals surface area contributed by atoms with E-state index in [0.717, 1.165) is 67.1 Å². The van der Waals surface area contributed by atoms with E-state index in [1.54, 1.807) is 11.1 Å². The summed E-state index contributed by atoms with van der Waals surface area (Å²) in [5, 5.41) is 7.14. The van der Waals surface area contributed by atoms with Crippen molar-refractivity contribution in [1.29, 1.82) is 0 Å².